The third kappa shape index (κ3) is 6.36. The van der Waals surface area contributed by atoms with Crippen LogP contribution >= 0.6 is 0 Å². The monoisotopic (exact) mass is 357 g/mol. The van der Waals surface area contributed by atoms with E-state index in [9.17, 15) is 5.11 Å². The molecule has 1 N–H and O–H groups in total. The molecule has 2 rings (SSSR count). The number of aliphatic hydroxyl groups excluding tert-OH is 1. The van der Waals surface area contributed by atoms with Gasteiger partial charge in [0.1, 0.15) is 0 Å². The van der Waals surface area contributed by atoms with Gasteiger partial charge in [0.05, 0.1) is 20.3 Å². The Hall–Kier alpha value is -2.04. The summed E-state index contributed by atoms with van der Waals surface area (Å²) in [7, 11) is 3.29. The van der Waals surface area contributed by atoms with E-state index in [0.29, 0.717) is 18.9 Å². The van der Waals surface area contributed by atoms with Crippen LogP contribution in [0.15, 0.2) is 48.5 Å². The number of hydrogen-bond acceptors (Lipinski definition) is 4. The molecular formula is C22H31NO3. The second-order valence-electron chi connectivity index (χ2n) is 7.12. The number of aliphatic hydroxyl groups is 1. The van der Waals surface area contributed by atoms with Crippen molar-refractivity contribution < 1.29 is 14.6 Å². The fourth-order valence-corrected chi connectivity index (χ4v) is 3.21. The van der Waals surface area contributed by atoms with E-state index in [-0.39, 0.29) is 0 Å². The molecule has 142 valence electrons. The number of rotatable bonds is 10. The van der Waals surface area contributed by atoms with Crippen molar-refractivity contribution in [3.8, 4) is 11.5 Å². The van der Waals surface area contributed by atoms with Gasteiger partial charge in [-0.2, -0.15) is 0 Å². The van der Waals surface area contributed by atoms with Crippen LogP contribution in [0.4, 0.5) is 0 Å². The molecule has 0 aliphatic heterocycles. The molecule has 4 heteroatoms. The molecule has 2 aromatic rings. The van der Waals surface area contributed by atoms with Crippen LogP contribution in [0.3, 0.4) is 0 Å². The maximum Gasteiger partial charge on any atom is 0.161 e. The SMILES string of the molecule is COc1ccc(CN(CC(C)C)CC(O)Cc2ccccc2)cc1OC. The van der Waals surface area contributed by atoms with Crippen molar-refractivity contribution in [2.45, 2.75) is 32.9 Å². The molecule has 0 aliphatic carbocycles. The number of methoxy groups -OCH3 is 2. The van der Waals surface area contributed by atoms with Gasteiger partial charge in [0, 0.05) is 19.6 Å². The Balaban J connectivity index is 2.04. The Labute approximate surface area is 157 Å². The van der Waals surface area contributed by atoms with E-state index in [1.165, 1.54) is 0 Å². The molecule has 0 aliphatic rings. The maximum absolute atomic E-state index is 10.6. The first-order valence-electron chi connectivity index (χ1n) is 9.17. The lowest BCUT2D eigenvalue weighted by molar-refractivity contribution is 0.101. The molecule has 0 spiro atoms. The zero-order valence-electron chi connectivity index (χ0n) is 16.3. The summed E-state index contributed by atoms with van der Waals surface area (Å²) in [4.78, 5) is 2.31. The van der Waals surface area contributed by atoms with Gasteiger partial charge in [0.2, 0.25) is 0 Å². The number of ether oxygens (including phenoxy) is 2. The van der Waals surface area contributed by atoms with Crippen molar-refractivity contribution in [3.05, 3.63) is 59.7 Å². The van der Waals surface area contributed by atoms with Crippen LogP contribution in [-0.2, 0) is 13.0 Å². The van der Waals surface area contributed by atoms with E-state index in [4.69, 9.17) is 9.47 Å². The van der Waals surface area contributed by atoms with Crippen molar-refractivity contribution in [3.63, 3.8) is 0 Å². The smallest absolute Gasteiger partial charge is 0.161 e. The zero-order chi connectivity index (χ0) is 18.9. The minimum Gasteiger partial charge on any atom is -0.493 e. The van der Waals surface area contributed by atoms with Gasteiger partial charge in [0.25, 0.3) is 0 Å². The quantitative estimate of drug-likeness (QED) is 0.703. The van der Waals surface area contributed by atoms with Crippen LogP contribution in [0.25, 0.3) is 0 Å². The van der Waals surface area contributed by atoms with Gasteiger partial charge in [0.15, 0.2) is 11.5 Å². The Morgan fingerprint density at radius 3 is 2.19 bits per heavy atom. The first-order valence-corrected chi connectivity index (χ1v) is 9.17. The fourth-order valence-electron chi connectivity index (χ4n) is 3.21. The van der Waals surface area contributed by atoms with Crippen LogP contribution in [0, 0.1) is 5.92 Å². The van der Waals surface area contributed by atoms with E-state index in [2.05, 4.69) is 36.9 Å². The summed E-state index contributed by atoms with van der Waals surface area (Å²) in [6.07, 6.45) is 0.276. The molecule has 0 fully saturated rings. The summed E-state index contributed by atoms with van der Waals surface area (Å²) in [5.74, 6) is 1.99. The van der Waals surface area contributed by atoms with Crippen LogP contribution < -0.4 is 9.47 Å². The Bertz CT molecular complexity index is 658. The Morgan fingerprint density at radius 1 is 0.885 bits per heavy atom. The molecule has 0 amide bonds. The van der Waals surface area contributed by atoms with Crippen molar-refractivity contribution in [2.24, 2.45) is 5.92 Å². The summed E-state index contributed by atoms with van der Waals surface area (Å²) in [6, 6.07) is 16.1. The van der Waals surface area contributed by atoms with Gasteiger partial charge < -0.3 is 14.6 Å². The molecule has 0 radical (unpaired) electrons. The van der Waals surface area contributed by atoms with Crippen molar-refractivity contribution in [1.82, 2.24) is 4.90 Å². The van der Waals surface area contributed by atoms with Gasteiger partial charge in [-0.1, -0.05) is 50.2 Å². The molecule has 0 saturated heterocycles. The normalized spacial score (nSPS) is 12.4. The van der Waals surface area contributed by atoms with Gasteiger partial charge in [-0.3, -0.25) is 4.90 Å². The fraction of sp³-hybridized carbons (Fsp3) is 0.455. The lowest BCUT2D eigenvalue weighted by atomic mass is 10.1. The highest BCUT2D eigenvalue weighted by Gasteiger charge is 2.15. The van der Waals surface area contributed by atoms with Crippen LogP contribution in [0.1, 0.15) is 25.0 Å². The molecule has 0 bridgehead atoms. The topological polar surface area (TPSA) is 41.9 Å². The van der Waals surface area contributed by atoms with Crippen LogP contribution in [0.2, 0.25) is 0 Å². The highest BCUT2D eigenvalue weighted by Crippen LogP contribution is 2.28. The third-order valence-corrected chi connectivity index (χ3v) is 4.26. The van der Waals surface area contributed by atoms with Gasteiger partial charge >= 0.3 is 0 Å². The summed E-state index contributed by atoms with van der Waals surface area (Å²) in [6.45, 7) is 6.74. The highest BCUT2D eigenvalue weighted by molar-refractivity contribution is 5.42. The minimum atomic E-state index is -0.392. The molecule has 2 aromatic carbocycles. The molecule has 0 saturated carbocycles. The largest absolute Gasteiger partial charge is 0.493 e. The Morgan fingerprint density at radius 2 is 1.58 bits per heavy atom. The summed E-state index contributed by atoms with van der Waals surface area (Å²) < 4.78 is 10.7. The summed E-state index contributed by atoms with van der Waals surface area (Å²) >= 11 is 0. The van der Waals surface area contributed by atoms with Crippen molar-refractivity contribution >= 4 is 0 Å². The lowest BCUT2D eigenvalue weighted by Gasteiger charge is -2.27. The maximum atomic E-state index is 10.6. The van der Waals surface area contributed by atoms with Crippen molar-refractivity contribution in [2.75, 3.05) is 27.3 Å². The van der Waals surface area contributed by atoms with E-state index < -0.39 is 6.10 Å². The predicted octanol–water partition coefficient (Wildman–Crippen LogP) is 3.77. The molecular weight excluding hydrogens is 326 g/mol. The summed E-state index contributed by atoms with van der Waals surface area (Å²) in [5, 5.41) is 10.6. The van der Waals surface area contributed by atoms with Gasteiger partial charge in [-0.15, -0.1) is 0 Å². The molecule has 26 heavy (non-hydrogen) atoms. The molecule has 4 nitrogen and oxygen atoms in total. The van der Waals surface area contributed by atoms with Crippen molar-refractivity contribution in [1.29, 1.82) is 0 Å². The molecule has 0 heterocycles. The third-order valence-electron chi connectivity index (χ3n) is 4.26. The minimum absolute atomic E-state index is 0.392. The first-order chi connectivity index (χ1) is 12.5. The Kier molecular flexibility index (Phi) is 7.95. The van der Waals surface area contributed by atoms with Crippen LogP contribution in [-0.4, -0.2) is 43.4 Å². The van der Waals surface area contributed by atoms with E-state index in [0.717, 1.165) is 35.7 Å². The van der Waals surface area contributed by atoms with Gasteiger partial charge in [-0.25, -0.2) is 0 Å². The van der Waals surface area contributed by atoms with E-state index in [1.807, 2.05) is 30.3 Å². The summed E-state index contributed by atoms with van der Waals surface area (Å²) in [5.41, 5.74) is 2.31. The highest BCUT2D eigenvalue weighted by atomic mass is 16.5. The molecule has 0 aromatic heterocycles. The second-order valence-corrected chi connectivity index (χ2v) is 7.12. The number of hydrogen-bond donors (Lipinski definition) is 1. The van der Waals surface area contributed by atoms with E-state index >= 15 is 0 Å². The number of benzene rings is 2. The van der Waals surface area contributed by atoms with Gasteiger partial charge in [-0.05, 0) is 35.6 Å². The molecule has 1 atom stereocenters. The number of nitrogens with zero attached hydrogens (tertiary/aromatic N) is 1. The molecule has 1 unspecified atom stereocenters. The predicted molar refractivity (Wildman–Crippen MR) is 106 cm³/mol. The standard InChI is InChI=1S/C22H31NO3/c1-17(2)14-23(16-20(24)12-18-8-6-5-7-9-18)15-19-10-11-21(25-3)22(13-19)26-4/h5-11,13,17,20,24H,12,14-16H2,1-4H3. The lowest BCUT2D eigenvalue weighted by Crippen LogP contribution is -2.35. The van der Waals surface area contributed by atoms with Crippen LogP contribution in [0.5, 0.6) is 11.5 Å². The second kappa shape index (κ2) is 10.2. The zero-order valence-corrected chi connectivity index (χ0v) is 16.3. The van der Waals surface area contributed by atoms with E-state index in [1.54, 1.807) is 14.2 Å². The first kappa shape index (κ1) is 20.3. The average Bonchev–Trinajstić information content (AvgIpc) is 2.61. The average molecular weight is 357 g/mol.